The molecule has 0 saturated heterocycles. The first-order valence-electron chi connectivity index (χ1n) is 4.19. The molecule has 0 aliphatic heterocycles. The van der Waals surface area contributed by atoms with Gasteiger partial charge in [-0.1, -0.05) is 30.3 Å². The van der Waals surface area contributed by atoms with Crippen LogP contribution in [0.1, 0.15) is 12.5 Å². The lowest BCUT2D eigenvalue weighted by atomic mass is 10.2. The van der Waals surface area contributed by atoms with E-state index in [1.165, 1.54) is 5.56 Å². The van der Waals surface area contributed by atoms with E-state index in [2.05, 4.69) is 12.1 Å². The minimum atomic E-state index is 0. The quantitative estimate of drug-likeness (QED) is 0.617. The topological polar surface area (TPSA) is 49.9 Å². The van der Waals surface area contributed by atoms with Gasteiger partial charge in [0.2, 0.25) is 0 Å². The Balaban J connectivity index is 0.00000169. The van der Waals surface area contributed by atoms with E-state index in [0.29, 0.717) is 0 Å². The van der Waals surface area contributed by atoms with Crippen LogP contribution >= 0.6 is 24.2 Å². The van der Waals surface area contributed by atoms with E-state index in [4.69, 9.17) is 11.1 Å². The van der Waals surface area contributed by atoms with Crippen molar-refractivity contribution in [2.75, 3.05) is 0 Å². The second kappa shape index (κ2) is 6.74. The van der Waals surface area contributed by atoms with Crippen molar-refractivity contribution in [3.63, 3.8) is 0 Å². The number of nitrogens with one attached hydrogen (secondary N) is 1. The average Bonchev–Trinajstić information content (AvgIpc) is 2.15. The Bertz CT molecular complexity index is 277. The monoisotopic (exact) mass is 230 g/mol. The predicted molar refractivity (Wildman–Crippen MR) is 66.4 cm³/mol. The predicted octanol–water partition coefficient (Wildman–Crippen LogP) is 2.67. The average molecular weight is 231 g/mol. The number of benzene rings is 1. The molecule has 1 rings (SSSR count). The second-order valence-corrected chi connectivity index (χ2v) is 4.22. The Hall–Kier alpha value is -0.670. The maximum Gasteiger partial charge on any atom is 0.104 e. The molecule has 2 nitrogen and oxygen atoms in total. The Morgan fingerprint density at radius 3 is 2.50 bits per heavy atom. The van der Waals surface area contributed by atoms with Gasteiger partial charge in [-0.3, -0.25) is 5.41 Å². The SMILES string of the molecule is CC(SCc1ccccc1)C(=N)N.Cl. The maximum absolute atomic E-state index is 7.22. The zero-order valence-electron chi connectivity index (χ0n) is 8.07. The van der Waals surface area contributed by atoms with Crippen LogP contribution in [0.25, 0.3) is 0 Å². The molecule has 1 atom stereocenters. The fourth-order valence-corrected chi connectivity index (χ4v) is 1.70. The molecule has 4 heteroatoms. The van der Waals surface area contributed by atoms with E-state index in [1.807, 2.05) is 25.1 Å². The summed E-state index contributed by atoms with van der Waals surface area (Å²) >= 11 is 1.69. The first kappa shape index (κ1) is 13.3. The number of hydrogen-bond donors (Lipinski definition) is 2. The molecular weight excluding hydrogens is 216 g/mol. The van der Waals surface area contributed by atoms with Crippen molar-refractivity contribution in [3.05, 3.63) is 35.9 Å². The summed E-state index contributed by atoms with van der Waals surface area (Å²) < 4.78 is 0. The van der Waals surface area contributed by atoms with Crippen LogP contribution in [0.3, 0.4) is 0 Å². The molecule has 14 heavy (non-hydrogen) atoms. The van der Waals surface area contributed by atoms with Crippen LogP contribution in [-0.2, 0) is 5.75 Å². The Kier molecular flexibility index (Phi) is 6.41. The normalized spacial score (nSPS) is 11.5. The number of thioether (sulfide) groups is 1. The smallest absolute Gasteiger partial charge is 0.104 e. The van der Waals surface area contributed by atoms with Gasteiger partial charge in [-0.25, -0.2) is 0 Å². The highest BCUT2D eigenvalue weighted by atomic mass is 35.5. The van der Waals surface area contributed by atoms with Gasteiger partial charge in [0.05, 0.1) is 5.25 Å². The maximum atomic E-state index is 7.22. The van der Waals surface area contributed by atoms with Gasteiger partial charge in [-0.15, -0.1) is 24.2 Å². The van der Waals surface area contributed by atoms with Crippen LogP contribution in [0.4, 0.5) is 0 Å². The minimum Gasteiger partial charge on any atom is -0.387 e. The van der Waals surface area contributed by atoms with Gasteiger partial charge in [-0.05, 0) is 12.5 Å². The highest BCUT2D eigenvalue weighted by molar-refractivity contribution is 7.99. The molecule has 78 valence electrons. The largest absolute Gasteiger partial charge is 0.387 e. The molecule has 0 radical (unpaired) electrons. The van der Waals surface area contributed by atoms with Gasteiger partial charge in [0.15, 0.2) is 0 Å². The lowest BCUT2D eigenvalue weighted by molar-refractivity contribution is 1.22. The van der Waals surface area contributed by atoms with Crippen LogP contribution in [-0.4, -0.2) is 11.1 Å². The Morgan fingerprint density at radius 1 is 1.43 bits per heavy atom. The summed E-state index contributed by atoms with van der Waals surface area (Å²) in [6.45, 7) is 1.95. The second-order valence-electron chi connectivity index (χ2n) is 2.89. The summed E-state index contributed by atoms with van der Waals surface area (Å²) in [6, 6.07) is 10.2. The Morgan fingerprint density at radius 2 is 2.00 bits per heavy atom. The van der Waals surface area contributed by atoms with Crippen LogP contribution in [0.5, 0.6) is 0 Å². The fourth-order valence-electron chi connectivity index (χ4n) is 0.885. The van der Waals surface area contributed by atoms with Gasteiger partial charge in [0.25, 0.3) is 0 Å². The van der Waals surface area contributed by atoms with Crippen LogP contribution in [0.2, 0.25) is 0 Å². The van der Waals surface area contributed by atoms with Crippen LogP contribution < -0.4 is 5.73 Å². The summed E-state index contributed by atoms with van der Waals surface area (Å²) in [5, 5.41) is 7.33. The van der Waals surface area contributed by atoms with Crippen molar-refractivity contribution < 1.29 is 0 Å². The molecule has 0 bridgehead atoms. The molecule has 0 heterocycles. The number of halogens is 1. The molecule has 0 amide bonds. The first-order valence-corrected chi connectivity index (χ1v) is 5.24. The molecule has 0 spiro atoms. The molecule has 1 aromatic carbocycles. The molecule has 0 aliphatic rings. The third-order valence-corrected chi connectivity index (χ3v) is 3.03. The van der Waals surface area contributed by atoms with Crippen molar-refractivity contribution in [1.82, 2.24) is 0 Å². The van der Waals surface area contributed by atoms with Gasteiger partial charge in [0, 0.05) is 5.75 Å². The first-order chi connectivity index (χ1) is 6.20. The standard InChI is InChI=1S/C10H14N2S.ClH/c1-8(10(11)12)13-7-9-5-3-2-4-6-9;/h2-6,8H,7H2,1H3,(H3,11,12);1H. The zero-order chi connectivity index (χ0) is 9.68. The molecule has 3 N–H and O–H groups in total. The summed E-state index contributed by atoms with van der Waals surface area (Å²) in [5.41, 5.74) is 6.64. The number of rotatable bonds is 4. The van der Waals surface area contributed by atoms with E-state index >= 15 is 0 Å². The van der Waals surface area contributed by atoms with E-state index in [0.717, 1.165) is 5.75 Å². The van der Waals surface area contributed by atoms with Gasteiger partial charge < -0.3 is 5.73 Å². The Labute approximate surface area is 95.2 Å². The van der Waals surface area contributed by atoms with Gasteiger partial charge >= 0.3 is 0 Å². The third-order valence-electron chi connectivity index (χ3n) is 1.78. The molecule has 1 aromatic rings. The van der Waals surface area contributed by atoms with Gasteiger partial charge in [0.1, 0.15) is 5.84 Å². The van der Waals surface area contributed by atoms with E-state index in [9.17, 15) is 0 Å². The lowest BCUT2D eigenvalue weighted by Crippen LogP contribution is -2.21. The molecule has 1 unspecified atom stereocenters. The molecular formula is C10H15ClN2S. The minimum absolute atomic E-state index is 0. The summed E-state index contributed by atoms with van der Waals surface area (Å²) in [7, 11) is 0. The number of amidine groups is 1. The third kappa shape index (κ3) is 4.53. The van der Waals surface area contributed by atoms with Crippen LogP contribution in [0.15, 0.2) is 30.3 Å². The summed E-state index contributed by atoms with van der Waals surface area (Å²) in [4.78, 5) is 0. The molecule has 0 aromatic heterocycles. The van der Waals surface area contributed by atoms with E-state index in [-0.39, 0.29) is 23.5 Å². The zero-order valence-corrected chi connectivity index (χ0v) is 9.70. The number of hydrogen-bond acceptors (Lipinski definition) is 2. The van der Waals surface area contributed by atoms with Gasteiger partial charge in [-0.2, -0.15) is 0 Å². The van der Waals surface area contributed by atoms with Crippen molar-refractivity contribution in [2.24, 2.45) is 5.73 Å². The van der Waals surface area contributed by atoms with Crippen molar-refractivity contribution >= 4 is 30.0 Å². The van der Waals surface area contributed by atoms with Crippen molar-refractivity contribution in [3.8, 4) is 0 Å². The summed E-state index contributed by atoms with van der Waals surface area (Å²) in [6.07, 6.45) is 0. The summed E-state index contributed by atoms with van der Waals surface area (Å²) in [5.74, 6) is 1.17. The number of nitrogens with two attached hydrogens (primary N) is 1. The molecule has 0 aliphatic carbocycles. The fraction of sp³-hybridized carbons (Fsp3) is 0.300. The van der Waals surface area contributed by atoms with E-state index < -0.39 is 0 Å². The lowest BCUT2D eigenvalue weighted by Gasteiger charge is -2.08. The van der Waals surface area contributed by atoms with E-state index in [1.54, 1.807) is 11.8 Å². The van der Waals surface area contributed by atoms with Crippen molar-refractivity contribution in [1.29, 1.82) is 5.41 Å². The highest BCUT2D eigenvalue weighted by Gasteiger charge is 2.04. The van der Waals surface area contributed by atoms with Crippen LogP contribution in [0, 0.1) is 5.41 Å². The highest BCUT2D eigenvalue weighted by Crippen LogP contribution is 2.16. The van der Waals surface area contributed by atoms with Crippen molar-refractivity contribution in [2.45, 2.75) is 17.9 Å². The molecule has 0 saturated carbocycles. The molecule has 0 fully saturated rings.